The second kappa shape index (κ2) is 8.42. The quantitative estimate of drug-likeness (QED) is 0.847. The first-order valence-electron chi connectivity index (χ1n) is 7.94. The summed E-state index contributed by atoms with van der Waals surface area (Å²) in [5, 5.41) is 3.68. The molecule has 2 aliphatic rings. The van der Waals surface area contributed by atoms with Gasteiger partial charge in [0.1, 0.15) is 0 Å². The Hall–Kier alpha value is -0.220. The molecule has 0 spiro atoms. The molecule has 21 heavy (non-hydrogen) atoms. The van der Waals surface area contributed by atoms with Gasteiger partial charge in [0.15, 0.2) is 0 Å². The van der Waals surface area contributed by atoms with E-state index in [0.29, 0.717) is 0 Å². The van der Waals surface area contributed by atoms with Crippen molar-refractivity contribution in [1.82, 2.24) is 10.2 Å². The summed E-state index contributed by atoms with van der Waals surface area (Å²) in [6.45, 7) is 4.91. The smallest absolute Gasteiger partial charge is 0.0233 e. The number of thioether (sulfide) groups is 1. The van der Waals surface area contributed by atoms with Crippen LogP contribution >= 0.6 is 24.2 Å². The van der Waals surface area contributed by atoms with Gasteiger partial charge in [0.2, 0.25) is 0 Å². The van der Waals surface area contributed by atoms with Gasteiger partial charge in [0.25, 0.3) is 0 Å². The predicted octanol–water partition coefficient (Wildman–Crippen LogP) is 3.79. The van der Waals surface area contributed by atoms with Gasteiger partial charge >= 0.3 is 0 Å². The van der Waals surface area contributed by atoms with Crippen LogP contribution in [0.25, 0.3) is 0 Å². The van der Waals surface area contributed by atoms with Crippen LogP contribution in [0.15, 0.2) is 29.2 Å². The van der Waals surface area contributed by atoms with E-state index in [1.165, 1.54) is 55.8 Å². The minimum Gasteiger partial charge on any atom is -0.314 e. The molecule has 1 aromatic carbocycles. The molecule has 0 amide bonds. The topological polar surface area (TPSA) is 15.3 Å². The molecular weight excluding hydrogens is 300 g/mol. The fraction of sp³-hybridized carbons (Fsp3) is 0.647. The molecule has 1 unspecified atom stereocenters. The van der Waals surface area contributed by atoms with Crippen molar-refractivity contribution in [1.29, 1.82) is 0 Å². The Kier molecular flexibility index (Phi) is 6.87. The average molecular weight is 327 g/mol. The molecule has 2 fully saturated rings. The van der Waals surface area contributed by atoms with Crippen LogP contribution in [0, 0.1) is 5.92 Å². The molecule has 2 aliphatic heterocycles. The molecule has 1 aromatic rings. The zero-order chi connectivity index (χ0) is 13.8. The normalized spacial score (nSPS) is 24.0. The molecule has 1 N–H and O–H groups in total. The third-order valence-electron chi connectivity index (χ3n) is 4.86. The van der Waals surface area contributed by atoms with Crippen LogP contribution in [0.5, 0.6) is 0 Å². The average Bonchev–Trinajstić information content (AvgIpc) is 3.03. The highest BCUT2D eigenvalue weighted by atomic mass is 35.5. The summed E-state index contributed by atoms with van der Waals surface area (Å²) < 4.78 is 0. The summed E-state index contributed by atoms with van der Waals surface area (Å²) in [6.07, 6.45) is 7.67. The third kappa shape index (κ3) is 4.62. The highest BCUT2D eigenvalue weighted by Crippen LogP contribution is 2.26. The maximum Gasteiger partial charge on any atom is 0.0233 e. The van der Waals surface area contributed by atoms with Crippen molar-refractivity contribution in [3.8, 4) is 0 Å². The highest BCUT2D eigenvalue weighted by molar-refractivity contribution is 7.98. The second-order valence-electron chi connectivity index (χ2n) is 6.16. The van der Waals surface area contributed by atoms with Crippen LogP contribution in [0.2, 0.25) is 0 Å². The molecule has 0 aromatic heterocycles. The molecule has 0 bridgehead atoms. The molecule has 2 heterocycles. The lowest BCUT2D eigenvalue weighted by molar-refractivity contribution is 0.157. The van der Waals surface area contributed by atoms with E-state index in [2.05, 4.69) is 40.7 Å². The Morgan fingerprint density at radius 2 is 1.86 bits per heavy atom. The van der Waals surface area contributed by atoms with Gasteiger partial charge in [-0.2, -0.15) is 0 Å². The molecule has 2 saturated heterocycles. The van der Waals surface area contributed by atoms with Crippen molar-refractivity contribution >= 4 is 24.2 Å². The molecule has 0 radical (unpaired) electrons. The Morgan fingerprint density at radius 1 is 1.14 bits per heavy atom. The largest absolute Gasteiger partial charge is 0.314 e. The van der Waals surface area contributed by atoms with Crippen molar-refractivity contribution in [2.75, 3.05) is 25.9 Å². The zero-order valence-corrected chi connectivity index (χ0v) is 14.5. The van der Waals surface area contributed by atoms with E-state index in [9.17, 15) is 0 Å². The van der Waals surface area contributed by atoms with Crippen molar-refractivity contribution in [2.24, 2.45) is 5.92 Å². The lowest BCUT2D eigenvalue weighted by Gasteiger charge is -2.34. The van der Waals surface area contributed by atoms with E-state index in [-0.39, 0.29) is 12.4 Å². The number of nitrogens with zero attached hydrogens (tertiary/aromatic N) is 1. The summed E-state index contributed by atoms with van der Waals surface area (Å²) in [4.78, 5) is 3.99. The van der Waals surface area contributed by atoms with Crippen LogP contribution in [0.3, 0.4) is 0 Å². The molecule has 118 valence electrons. The molecule has 3 rings (SSSR count). The van der Waals surface area contributed by atoms with E-state index >= 15 is 0 Å². The molecular formula is C17H27ClN2S. The van der Waals surface area contributed by atoms with Gasteiger partial charge in [0.05, 0.1) is 0 Å². The summed E-state index contributed by atoms with van der Waals surface area (Å²) in [5.41, 5.74) is 1.46. The van der Waals surface area contributed by atoms with E-state index in [4.69, 9.17) is 0 Å². The fourth-order valence-corrected chi connectivity index (χ4v) is 4.02. The van der Waals surface area contributed by atoms with Crippen LogP contribution in [-0.4, -0.2) is 36.8 Å². The first kappa shape index (κ1) is 17.1. The van der Waals surface area contributed by atoms with Gasteiger partial charge in [-0.3, -0.25) is 4.90 Å². The van der Waals surface area contributed by atoms with Crippen molar-refractivity contribution < 1.29 is 0 Å². The first-order chi connectivity index (χ1) is 9.85. The lowest BCUT2D eigenvalue weighted by Crippen LogP contribution is -2.40. The first-order valence-corrected chi connectivity index (χ1v) is 9.16. The number of hydrogen-bond donors (Lipinski definition) is 1. The number of halogens is 1. The number of likely N-dealkylation sites (tertiary alicyclic amines) is 1. The van der Waals surface area contributed by atoms with Crippen LogP contribution < -0.4 is 5.32 Å². The maximum atomic E-state index is 3.68. The second-order valence-corrected chi connectivity index (χ2v) is 7.04. The number of nitrogens with one attached hydrogen (secondary N) is 1. The molecule has 0 aliphatic carbocycles. The standard InChI is InChI=1S/C17H26N2S.ClH/c1-20-16-6-4-14(5-7-16)13-19-11-8-15(9-12-19)17-3-2-10-18-17;/h4-7,15,17-18H,2-3,8-13H2,1H3;1H. The molecule has 1 atom stereocenters. The van der Waals surface area contributed by atoms with Crippen LogP contribution in [-0.2, 0) is 6.54 Å². The number of benzene rings is 1. The van der Waals surface area contributed by atoms with Crippen molar-refractivity contribution in [2.45, 2.75) is 43.2 Å². The van der Waals surface area contributed by atoms with Gasteiger partial charge in [-0.05, 0) is 75.2 Å². The summed E-state index contributed by atoms with van der Waals surface area (Å²) >= 11 is 1.82. The number of hydrogen-bond acceptors (Lipinski definition) is 3. The SMILES string of the molecule is CSc1ccc(CN2CCC(C3CCCN3)CC2)cc1.Cl. The number of piperidine rings is 1. The third-order valence-corrected chi connectivity index (χ3v) is 5.61. The van der Waals surface area contributed by atoms with E-state index in [1.54, 1.807) is 0 Å². The van der Waals surface area contributed by atoms with Gasteiger partial charge in [-0.25, -0.2) is 0 Å². The van der Waals surface area contributed by atoms with E-state index in [1.807, 2.05) is 11.8 Å². The van der Waals surface area contributed by atoms with Crippen LogP contribution in [0.4, 0.5) is 0 Å². The van der Waals surface area contributed by atoms with E-state index < -0.39 is 0 Å². The molecule has 4 heteroatoms. The summed E-state index contributed by atoms with van der Waals surface area (Å²) in [5.74, 6) is 0.924. The van der Waals surface area contributed by atoms with Gasteiger partial charge in [-0.15, -0.1) is 24.2 Å². The van der Waals surface area contributed by atoms with Crippen LogP contribution in [0.1, 0.15) is 31.2 Å². The van der Waals surface area contributed by atoms with Gasteiger partial charge in [0, 0.05) is 17.5 Å². The minimum atomic E-state index is 0. The lowest BCUT2D eigenvalue weighted by atomic mass is 9.88. The molecule has 2 nitrogen and oxygen atoms in total. The molecule has 0 saturated carbocycles. The zero-order valence-electron chi connectivity index (χ0n) is 12.9. The van der Waals surface area contributed by atoms with Gasteiger partial charge < -0.3 is 5.32 Å². The predicted molar refractivity (Wildman–Crippen MR) is 94.5 cm³/mol. The Bertz CT molecular complexity index is 409. The maximum absolute atomic E-state index is 3.68. The van der Waals surface area contributed by atoms with Gasteiger partial charge in [-0.1, -0.05) is 12.1 Å². The minimum absolute atomic E-state index is 0. The highest BCUT2D eigenvalue weighted by Gasteiger charge is 2.28. The monoisotopic (exact) mass is 326 g/mol. The Morgan fingerprint density at radius 3 is 2.43 bits per heavy atom. The summed E-state index contributed by atoms with van der Waals surface area (Å²) in [6, 6.07) is 9.88. The Labute approximate surface area is 139 Å². The summed E-state index contributed by atoms with van der Waals surface area (Å²) in [7, 11) is 0. The Balaban J connectivity index is 0.00000161. The number of rotatable bonds is 4. The van der Waals surface area contributed by atoms with E-state index in [0.717, 1.165) is 18.5 Å². The van der Waals surface area contributed by atoms with Crippen molar-refractivity contribution in [3.63, 3.8) is 0 Å². The van der Waals surface area contributed by atoms with Crippen molar-refractivity contribution in [3.05, 3.63) is 29.8 Å². The fourth-order valence-electron chi connectivity index (χ4n) is 3.62.